The highest BCUT2D eigenvalue weighted by molar-refractivity contribution is 5.86. The van der Waals surface area contributed by atoms with Gasteiger partial charge < -0.3 is 9.30 Å². The largest absolute Gasteiger partial charge is 0.495 e. The van der Waals surface area contributed by atoms with Gasteiger partial charge in [0.25, 0.3) is 0 Å². The molecule has 0 N–H and O–H groups in total. The summed E-state index contributed by atoms with van der Waals surface area (Å²) < 4.78 is 6.97. The average Bonchev–Trinajstić information content (AvgIpc) is 2.31. The summed E-state index contributed by atoms with van der Waals surface area (Å²) in [6.45, 7) is 1.75. The lowest BCUT2D eigenvalue weighted by molar-refractivity contribution is -0.117. The number of nitrogens with zero attached hydrogens (tertiary/aromatic N) is 1. The van der Waals surface area contributed by atoms with E-state index in [0.717, 1.165) is 0 Å². The van der Waals surface area contributed by atoms with Crippen molar-refractivity contribution in [3.63, 3.8) is 0 Å². The minimum Gasteiger partial charge on any atom is -0.495 e. The van der Waals surface area contributed by atoms with Gasteiger partial charge in [0.2, 0.25) is 0 Å². The molecule has 1 aromatic heterocycles. The van der Waals surface area contributed by atoms with Crippen molar-refractivity contribution in [3.05, 3.63) is 40.7 Å². The molecular formula is C13H13NO3. The van der Waals surface area contributed by atoms with E-state index < -0.39 is 0 Å². The standard InChI is InChI=1S/C13H13NO3/c1-9(15)8-14-7-6-11(16)10-4-3-5-12(17-2)13(10)14/h3-7H,8H2,1-2H3. The minimum atomic E-state index is -0.0706. The molecule has 0 bridgehead atoms. The Morgan fingerprint density at radius 3 is 2.76 bits per heavy atom. The number of rotatable bonds is 3. The Morgan fingerprint density at radius 2 is 2.12 bits per heavy atom. The van der Waals surface area contributed by atoms with Gasteiger partial charge in [0, 0.05) is 17.6 Å². The molecule has 0 saturated heterocycles. The fourth-order valence-electron chi connectivity index (χ4n) is 1.88. The number of para-hydroxylation sites is 1. The molecule has 17 heavy (non-hydrogen) atoms. The molecule has 0 saturated carbocycles. The lowest BCUT2D eigenvalue weighted by atomic mass is 10.2. The van der Waals surface area contributed by atoms with Crippen molar-refractivity contribution in [3.8, 4) is 5.75 Å². The molecule has 0 radical (unpaired) electrons. The molecule has 4 nitrogen and oxygen atoms in total. The van der Waals surface area contributed by atoms with E-state index in [9.17, 15) is 9.59 Å². The number of benzene rings is 1. The molecule has 2 rings (SSSR count). The van der Waals surface area contributed by atoms with E-state index in [2.05, 4.69) is 0 Å². The number of ketones is 1. The Morgan fingerprint density at radius 1 is 1.35 bits per heavy atom. The van der Waals surface area contributed by atoms with E-state index in [4.69, 9.17) is 4.74 Å². The molecule has 0 aliphatic heterocycles. The molecule has 0 amide bonds. The van der Waals surface area contributed by atoms with Crippen molar-refractivity contribution >= 4 is 16.7 Å². The first-order chi connectivity index (χ1) is 8.13. The number of hydrogen-bond acceptors (Lipinski definition) is 3. The summed E-state index contributed by atoms with van der Waals surface area (Å²) >= 11 is 0. The molecule has 0 fully saturated rings. The minimum absolute atomic E-state index is 0.0286. The van der Waals surface area contributed by atoms with Crippen LogP contribution in [0.25, 0.3) is 10.9 Å². The number of carbonyl (C=O) groups is 1. The number of carbonyl (C=O) groups excluding carboxylic acids is 1. The molecule has 1 heterocycles. The Bertz CT molecular complexity index is 628. The van der Waals surface area contributed by atoms with Crippen molar-refractivity contribution in [2.24, 2.45) is 0 Å². The number of hydrogen-bond donors (Lipinski definition) is 0. The molecule has 0 aliphatic carbocycles. The molecule has 1 aromatic carbocycles. The van der Waals surface area contributed by atoms with Crippen molar-refractivity contribution in [1.82, 2.24) is 4.57 Å². The normalized spacial score (nSPS) is 10.5. The second-order valence-electron chi connectivity index (χ2n) is 3.87. The predicted molar refractivity (Wildman–Crippen MR) is 65.4 cm³/mol. The van der Waals surface area contributed by atoms with Crippen LogP contribution in [-0.2, 0) is 11.3 Å². The summed E-state index contributed by atoms with van der Waals surface area (Å²) in [5.74, 6) is 0.627. The zero-order valence-corrected chi connectivity index (χ0v) is 9.77. The van der Waals surface area contributed by atoms with E-state index in [1.807, 2.05) is 0 Å². The zero-order valence-electron chi connectivity index (χ0n) is 9.77. The fraction of sp³-hybridized carbons (Fsp3) is 0.231. The molecule has 2 aromatic rings. The van der Waals surface area contributed by atoms with Gasteiger partial charge in [-0.25, -0.2) is 0 Å². The van der Waals surface area contributed by atoms with Gasteiger partial charge in [-0.1, -0.05) is 6.07 Å². The van der Waals surface area contributed by atoms with Crippen molar-refractivity contribution in [2.75, 3.05) is 7.11 Å². The van der Waals surface area contributed by atoms with Crippen LogP contribution in [0.3, 0.4) is 0 Å². The first-order valence-electron chi connectivity index (χ1n) is 5.29. The Kier molecular flexibility index (Phi) is 2.95. The van der Waals surface area contributed by atoms with Gasteiger partial charge in [-0.2, -0.15) is 0 Å². The topological polar surface area (TPSA) is 48.3 Å². The maximum atomic E-state index is 11.7. The molecule has 0 spiro atoms. The van der Waals surface area contributed by atoms with Crippen LogP contribution in [0.1, 0.15) is 6.92 Å². The SMILES string of the molecule is COc1cccc2c(=O)ccn(CC(C)=O)c12. The fourth-order valence-corrected chi connectivity index (χ4v) is 1.88. The molecule has 4 heteroatoms. The number of Topliss-reactive ketones (excluding diaryl/α,β-unsaturated/α-hetero) is 1. The third-order valence-corrected chi connectivity index (χ3v) is 2.57. The van der Waals surface area contributed by atoms with Crippen molar-refractivity contribution < 1.29 is 9.53 Å². The van der Waals surface area contributed by atoms with E-state index >= 15 is 0 Å². The zero-order chi connectivity index (χ0) is 12.4. The number of ether oxygens (including phenoxy) is 1. The van der Waals surface area contributed by atoms with E-state index in [1.165, 1.54) is 13.0 Å². The quantitative estimate of drug-likeness (QED) is 0.806. The van der Waals surface area contributed by atoms with Crippen LogP contribution in [0, 0.1) is 0 Å². The highest BCUT2D eigenvalue weighted by Crippen LogP contribution is 2.22. The van der Waals surface area contributed by atoms with Crippen LogP contribution in [0.4, 0.5) is 0 Å². The van der Waals surface area contributed by atoms with E-state index in [0.29, 0.717) is 16.7 Å². The summed E-state index contributed by atoms with van der Waals surface area (Å²) in [5.41, 5.74) is 0.594. The van der Waals surface area contributed by atoms with Crippen LogP contribution in [0.2, 0.25) is 0 Å². The summed E-state index contributed by atoms with van der Waals surface area (Å²) in [6.07, 6.45) is 1.62. The molecule has 0 atom stereocenters. The van der Waals surface area contributed by atoms with Gasteiger partial charge in [0.1, 0.15) is 11.5 Å². The highest BCUT2D eigenvalue weighted by atomic mass is 16.5. The van der Waals surface area contributed by atoms with E-state index in [-0.39, 0.29) is 17.8 Å². The summed E-state index contributed by atoms with van der Waals surface area (Å²) in [6, 6.07) is 6.74. The molecular weight excluding hydrogens is 218 g/mol. The smallest absolute Gasteiger partial charge is 0.189 e. The van der Waals surface area contributed by atoms with Crippen molar-refractivity contribution in [2.45, 2.75) is 13.5 Å². The average molecular weight is 231 g/mol. The second kappa shape index (κ2) is 4.41. The van der Waals surface area contributed by atoms with Crippen molar-refractivity contribution in [1.29, 1.82) is 0 Å². The molecule has 0 unspecified atom stereocenters. The summed E-state index contributed by atoms with van der Waals surface area (Å²) in [7, 11) is 1.55. The van der Waals surface area contributed by atoms with Gasteiger partial charge in [-0.05, 0) is 19.1 Å². The molecule has 0 aliphatic rings. The number of methoxy groups -OCH3 is 1. The predicted octanol–water partition coefficient (Wildman–Crippen LogP) is 1.60. The maximum absolute atomic E-state index is 11.7. The third-order valence-electron chi connectivity index (χ3n) is 2.57. The number of aromatic nitrogens is 1. The van der Waals surface area contributed by atoms with Crippen LogP contribution in [0.15, 0.2) is 35.3 Å². The second-order valence-corrected chi connectivity index (χ2v) is 3.87. The Labute approximate surface area is 98.4 Å². The van der Waals surface area contributed by atoms with Gasteiger partial charge in [0.15, 0.2) is 5.43 Å². The first kappa shape index (κ1) is 11.4. The lowest BCUT2D eigenvalue weighted by Crippen LogP contribution is -2.12. The van der Waals surface area contributed by atoms with Crippen LogP contribution in [-0.4, -0.2) is 17.5 Å². The summed E-state index contributed by atoms with van der Waals surface area (Å²) in [5, 5.41) is 0.563. The van der Waals surface area contributed by atoms with Gasteiger partial charge >= 0.3 is 0 Å². The van der Waals surface area contributed by atoms with Crippen LogP contribution < -0.4 is 10.2 Å². The Hall–Kier alpha value is -2.10. The highest BCUT2D eigenvalue weighted by Gasteiger charge is 2.09. The third kappa shape index (κ3) is 2.06. The van der Waals surface area contributed by atoms with Gasteiger partial charge in [-0.3, -0.25) is 9.59 Å². The number of fused-ring (bicyclic) bond motifs is 1. The van der Waals surface area contributed by atoms with Gasteiger partial charge in [0.05, 0.1) is 19.2 Å². The van der Waals surface area contributed by atoms with E-state index in [1.54, 1.807) is 36.1 Å². The number of pyridine rings is 1. The summed E-state index contributed by atoms with van der Waals surface area (Å²) in [4.78, 5) is 22.9. The van der Waals surface area contributed by atoms with Crippen LogP contribution >= 0.6 is 0 Å². The van der Waals surface area contributed by atoms with Gasteiger partial charge in [-0.15, -0.1) is 0 Å². The monoisotopic (exact) mass is 231 g/mol. The van der Waals surface area contributed by atoms with Crippen LogP contribution in [0.5, 0.6) is 5.75 Å². The Balaban J connectivity index is 2.80. The first-order valence-corrected chi connectivity index (χ1v) is 5.29. The maximum Gasteiger partial charge on any atom is 0.189 e. The molecule has 88 valence electrons. The lowest BCUT2D eigenvalue weighted by Gasteiger charge is -2.12.